The number of rotatable bonds is 5. The normalized spacial score (nSPS) is 17.8. The number of alkyl halides is 1. The Balaban J connectivity index is 2.15. The van der Waals surface area contributed by atoms with Crippen molar-refractivity contribution in [1.82, 2.24) is 5.32 Å². The van der Waals surface area contributed by atoms with Gasteiger partial charge in [0.25, 0.3) is 0 Å². The Morgan fingerprint density at radius 1 is 1.38 bits per heavy atom. The van der Waals surface area contributed by atoms with E-state index in [-0.39, 0.29) is 30.2 Å². The average molecular weight is 313 g/mol. The van der Waals surface area contributed by atoms with Gasteiger partial charge in [-0.3, -0.25) is 9.59 Å². The van der Waals surface area contributed by atoms with E-state index in [1.807, 2.05) is 0 Å². The summed E-state index contributed by atoms with van der Waals surface area (Å²) in [6, 6.07) is 5.04. The van der Waals surface area contributed by atoms with Gasteiger partial charge in [0.05, 0.1) is 20.3 Å². The number of hydrogen-bond acceptors (Lipinski definition) is 4. The Kier molecular flexibility index (Phi) is 4.90. The largest absolute Gasteiger partial charge is 0.493 e. The number of halogens is 1. The first-order valence-corrected chi connectivity index (χ1v) is 7.00. The topological polar surface area (TPSA) is 67.9 Å². The maximum absolute atomic E-state index is 12.1. The highest BCUT2D eigenvalue weighted by Crippen LogP contribution is 2.33. The van der Waals surface area contributed by atoms with Crippen LogP contribution >= 0.6 is 11.6 Å². The standard InChI is InChI=1S/C14H17ClN2O4/c1-20-11-4-3-10(6-12(11)21-2)17-8-9(5-14(17)19)16-13(18)7-15/h3-4,6,9H,5,7-8H2,1-2H3,(H,16,18). The highest BCUT2D eigenvalue weighted by molar-refractivity contribution is 6.27. The quantitative estimate of drug-likeness (QED) is 0.829. The molecule has 1 unspecified atom stereocenters. The van der Waals surface area contributed by atoms with Gasteiger partial charge in [-0.1, -0.05) is 0 Å². The van der Waals surface area contributed by atoms with Crippen molar-refractivity contribution in [2.45, 2.75) is 12.5 Å². The fraction of sp³-hybridized carbons (Fsp3) is 0.429. The zero-order valence-corrected chi connectivity index (χ0v) is 12.6. The van der Waals surface area contributed by atoms with Gasteiger partial charge in [0.15, 0.2) is 11.5 Å². The predicted octanol–water partition coefficient (Wildman–Crippen LogP) is 1.16. The lowest BCUT2D eigenvalue weighted by Gasteiger charge is -2.18. The van der Waals surface area contributed by atoms with Crippen LogP contribution in [0.15, 0.2) is 18.2 Å². The van der Waals surface area contributed by atoms with E-state index in [1.165, 1.54) is 7.11 Å². The van der Waals surface area contributed by atoms with Gasteiger partial charge in [0.2, 0.25) is 11.8 Å². The number of ether oxygens (including phenoxy) is 2. The number of hydrogen-bond donors (Lipinski definition) is 1. The van der Waals surface area contributed by atoms with Crippen molar-refractivity contribution in [3.8, 4) is 11.5 Å². The molecule has 1 N–H and O–H groups in total. The number of amides is 2. The van der Waals surface area contributed by atoms with Crippen molar-refractivity contribution >= 4 is 29.1 Å². The highest BCUT2D eigenvalue weighted by atomic mass is 35.5. The molecule has 0 saturated carbocycles. The molecule has 114 valence electrons. The molecule has 21 heavy (non-hydrogen) atoms. The molecule has 0 radical (unpaired) electrons. The second-order valence-corrected chi connectivity index (χ2v) is 4.91. The zero-order valence-electron chi connectivity index (χ0n) is 11.9. The molecule has 1 fully saturated rings. The minimum Gasteiger partial charge on any atom is -0.493 e. The smallest absolute Gasteiger partial charge is 0.235 e. The minimum absolute atomic E-state index is 0.0536. The third kappa shape index (κ3) is 3.39. The summed E-state index contributed by atoms with van der Waals surface area (Å²) in [6.45, 7) is 0.414. The Bertz CT molecular complexity index is 550. The molecular formula is C14H17ClN2O4. The molecule has 1 aliphatic heterocycles. The summed E-state index contributed by atoms with van der Waals surface area (Å²) in [5, 5.41) is 2.72. The number of methoxy groups -OCH3 is 2. The van der Waals surface area contributed by atoms with E-state index in [9.17, 15) is 9.59 Å². The van der Waals surface area contributed by atoms with Gasteiger partial charge in [-0.25, -0.2) is 0 Å². The summed E-state index contributed by atoms with van der Waals surface area (Å²) in [5.41, 5.74) is 0.709. The molecule has 2 amide bonds. The maximum Gasteiger partial charge on any atom is 0.235 e. The molecular weight excluding hydrogens is 296 g/mol. The average Bonchev–Trinajstić information content (AvgIpc) is 2.86. The lowest BCUT2D eigenvalue weighted by atomic mass is 10.2. The van der Waals surface area contributed by atoms with Crippen LogP contribution in [0.1, 0.15) is 6.42 Å². The van der Waals surface area contributed by atoms with Gasteiger partial charge in [0, 0.05) is 24.7 Å². The Morgan fingerprint density at radius 3 is 2.71 bits per heavy atom. The number of benzene rings is 1. The molecule has 0 bridgehead atoms. The Labute approximate surface area is 128 Å². The van der Waals surface area contributed by atoms with Crippen molar-refractivity contribution in [1.29, 1.82) is 0 Å². The van der Waals surface area contributed by atoms with Crippen LogP contribution in [0.3, 0.4) is 0 Å². The van der Waals surface area contributed by atoms with Gasteiger partial charge in [0.1, 0.15) is 5.88 Å². The van der Waals surface area contributed by atoms with Crippen LogP contribution in [0.2, 0.25) is 0 Å². The van der Waals surface area contributed by atoms with Crippen LogP contribution < -0.4 is 19.7 Å². The van der Waals surface area contributed by atoms with E-state index in [2.05, 4.69) is 5.32 Å². The third-order valence-corrected chi connectivity index (χ3v) is 3.53. The van der Waals surface area contributed by atoms with Crippen LogP contribution in [0.4, 0.5) is 5.69 Å². The molecule has 6 nitrogen and oxygen atoms in total. The number of anilines is 1. The van der Waals surface area contributed by atoms with Gasteiger partial charge in [-0.15, -0.1) is 11.6 Å². The SMILES string of the molecule is COc1ccc(N2CC(NC(=O)CCl)CC2=O)cc1OC. The summed E-state index contributed by atoms with van der Waals surface area (Å²) in [6.07, 6.45) is 0.261. The van der Waals surface area contributed by atoms with E-state index in [1.54, 1.807) is 30.2 Å². The molecule has 1 heterocycles. The second-order valence-electron chi connectivity index (χ2n) is 4.65. The first-order chi connectivity index (χ1) is 10.1. The van der Waals surface area contributed by atoms with E-state index in [4.69, 9.17) is 21.1 Å². The highest BCUT2D eigenvalue weighted by Gasteiger charge is 2.31. The number of carbonyl (C=O) groups excluding carboxylic acids is 2. The fourth-order valence-corrected chi connectivity index (χ4v) is 2.39. The summed E-state index contributed by atoms with van der Waals surface area (Å²) >= 11 is 5.45. The summed E-state index contributed by atoms with van der Waals surface area (Å²) in [7, 11) is 3.09. The van der Waals surface area contributed by atoms with Crippen molar-refractivity contribution in [2.75, 3.05) is 31.5 Å². The van der Waals surface area contributed by atoms with Crippen LogP contribution in [-0.2, 0) is 9.59 Å². The fourth-order valence-electron chi connectivity index (χ4n) is 2.31. The van der Waals surface area contributed by atoms with Gasteiger partial charge >= 0.3 is 0 Å². The molecule has 1 aromatic carbocycles. The molecule has 1 aliphatic rings. The monoisotopic (exact) mass is 312 g/mol. The first kappa shape index (κ1) is 15.4. The van der Waals surface area contributed by atoms with Crippen molar-refractivity contribution in [3.63, 3.8) is 0 Å². The minimum atomic E-state index is -0.274. The molecule has 7 heteroatoms. The number of nitrogens with one attached hydrogen (secondary N) is 1. The van der Waals surface area contributed by atoms with E-state index < -0.39 is 0 Å². The molecule has 0 spiro atoms. The molecule has 1 saturated heterocycles. The molecule has 0 aliphatic carbocycles. The summed E-state index contributed by atoms with van der Waals surface area (Å²) in [4.78, 5) is 25.0. The van der Waals surface area contributed by atoms with Crippen LogP contribution in [0, 0.1) is 0 Å². The van der Waals surface area contributed by atoms with Crippen LogP contribution in [0.5, 0.6) is 11.5 Å². The van der Waals surface area contributed by atoms with Crippen molar-refractivity contribution < 1.29 is 19.1 Å². The zero-order chi connectivity index (χ0) is 15.4. The lowest BCUT2D eigenvalue weighted by Crippen LogP contribution is -2.37. The van der Waals surface area contributed by atoms with Crippen molar-refractivity contribution in [3.05, 3.63) is 18.2 Å². The summed E-state index contributed by atoms with van der Waals surface area (Å²) < 4.78 is 10.4. The number of carbonyl (C=O) groups is 2. The second kappa shape index (κ2) is 6.67. The predicted molar refractivity (Wildman–Crippen MR) is 79.2 cm³/mol. The van der Waals surface area contributed by atoms with Crippen LogP contribution in [0.25, 0.3) is 0 Å². The van der Waals surface area contributed by atoms with Gasteiger partial charge in [-0.05, 0) is 12.1 Å². The van der Waals surface area contributed by atoms with Gasteiger partial charge in [-0.2, -0.15) is 0 Å². The van der Waals surface area contributed by atoms with E-state index in [0.29, 0.717) is 23.7 Å². The maximum atomic E-state index is 12.1. The molecule has 0 aromatic heterocycles. The van der Waals surface area contributed by atoms with E-state index in [0.717, 1.165) is 0 Å². The number of nitrogens with zero attached hydrogens (tertiary/aromatic N) is 1. The Hall–Kier alpha value is -1.95. The molecule has 2 rings (SSSR count). The molecule has 1 atom stereocenters. The van der Waals surface area contributed by atoms with Gasteiger partial charge < -0.3 is 19.7 Å². The van der Waals surface area contributed by atoms with Crippen LogP contribution in [-0.4, -0.2) is 44.5 Å². The van der Waals surface area contributed by atoms with Crippen molar-refractivity contribution in [2.24, 2.45) is 0 Å². The molecule has 1 aromatic rings. The lowest BCUT2D eigenvalue weighted by molar-refractivity contribution is -0.119. The third-order valence-electron chi connectivity index (χ3n) is 3.29. The first-order valence-electron chi connectivity index (χ1n) is 6.46. The summed E-state index contributed by atoms with van der Waals surface area (Å²) in [5.74, 6) is 0.711. The van der Waals surface area contributed by atoms with E-state index >= 15 is 0 Å². The Morgan fingerprint density at radius 2 is 2.10 bits per heavy atom.